The van der Waals surface area contributed by atoms with Crippen LogP contribution in [-0.4, -0.2) is 29.1 Å². The summed E-state index contributed by atoms with van der Waals surface area (Å²) >= 11 is 0. The molecule has 4 nitrogen and oxygen atoms in total. The first kappa shape index (κ1) is 12.6. The van der Waals surface area contributed by atoms with Crippen LogP contribution in [0.5, 0.6) is 0 Å². The molecule has 0 radical (unpaired) electrons. The first-order valence-electron chi connectivity index (χ1n) is 6.73. The average molecular weight is 262 g/mol. The number of rotatable bonds is 0. The Bertz CT molecular complexity index is 516. The van der Waals surface area contributed by atoms with Crippen LogP contribution in [0, 0.1) is 17.8 Å². The van der Waals surface area contributed by atoms with E-state index in [9.17, 15) is 14.7 Å². The zero-order valence-corrected chi connectivity index (χ0v) is 11.2. The quantitative estimate of drug-likeness (QED) is 0.529. The second-order valence-electron chi connectivity index (χ2n) is 5.97. The molecular formula is C15H18O4. The third kappa shape index (κ3) is 1.62. The monoisotopic (exact) mass is 262 g/mol. The van der Waals surface area contributed by atoms with Gasteiger partial charge in [-0.25, -0.2) is 4.79 Å². The van der Waals surface area contributed by atoms with Gasteiger partial charge in [0, 0.05) is 12.0 Å². The maximum absolute atomic E-state index is 11.9. The Balaban J connectivity index is 2.08. The van der Waals surface area contributed by atoms with E-state index in [1.54, 1.807) is 6.92 Å². The molecule has 0 aromatic rings. The molecule has 2 aliphatic carbocycles. The van der Waals surface area contributed by atoms with E-state index in [0.29, 0.717) is 24.0 Å². The fraction of sp³-hybridized carbons (Fsp3) is 0.600. The van der Waals surface area contributed by atoms with Crippen molar-refractivity contribution in [2.24, 2.45) is 17.8 Å². The van der Waals surface area contributed by atoms with Crippen molar-refractivity contribution in [3.8, 4) is 0 Å². The summed E-state index contributed by atoms with van der Waals surface area (Å²) < 4.78 is 5.32. The first-order chi connectivity index (χ1) is 8.91. The number of aliphatic hydroxyl groups is 1. The number of ketones is 1. The largest absolute Gasteiger partial charge is 0.458 e. The molecule has 3 aliphatic rings. The van der Waals surface area contributed by atoms with Gasteiger partial charge < -0.3 is 9.84 Å². The number of hydrogen-bond donors (Lipinski definition) is 1. The number of carbonyl (C=O) groups excluding carboxylic acids is 2. The Morgan fingerprint density at radius 3 is 2.74 bits per heavy atom. The van der Waals surface area contributed by atoms with Crippen molar-refractivity contribution in [1.29, 1.82) is 0 Å². The number of carbonyl (C=O) groups is 2. The maximum atomic E-state index is 11.9. The van der Waals surface area contributed by atoms with Crippen LogP contribution in [0.15, 0.2) is 23.3 Å². The Hall–Kier alpha value is -1.42. The van der Waals surface area contributed by atoms with E-state index in [4.69, 9.17) is 4.74 Å². The van der Waals surface area contributed by atoms with E-state index < -0.39 is 18.0 Å². The van der Waals surface area contributed by atoms with Gasteiger partial charge in [-0.2, -0.15) is 0 Å². The molecule has 2 fully saturated rings. The SMILES string of the molecule is C=C1C(=O)O[C@H]2C[C@H](C)[C@@H]3CC(=O)C(C)=C3[C@H](O)[C@H]12. The summed E-state index contributed by atoms with van der Waals surface area (Å²) in [5, 5.41) is 10.6. The lowest BCUT2D eigenvalue weighted by molar-refractivity contribution is -0.140. The van der Waals surface area contributed by atoms with Crippen LogP contribution in [0.25, 0.3) is 0 Å². The molecule has 3 rings (SSSR count). The lowest BCUT2D eigenvalue weighted by atomic mass is 9.84. The number of hydrogen-bond acceptors (Lipinski definition) is 4. The standard InChI is InChI=1S/C15H18O4/c1-6-4-11-13(8(3)15(18)19-11)14(17)12-7(2)10(16)5-9(6)12/h6,9,11,13-14,17H,3-5H2,1-2H3/t6-,9-,11-,13+,14-/m0/s1. The molecule has 0 aromatic carbocycles. The highest BCUT2D eigenvalue weighted by molar-refractivity contribution is 5.99. The minimum atomic E-state index is -0.814. The topological polar surface area (TPSA) is 63.6 Å². The van der Waals surface area contributed by atoms with Crippen LogP contribution in [0.3, 0.4) is 0 Å². The van der Waals surface area contributed by atoms with E-state index in [2.05, 4.69) is 13.5 Å². The normalized spacial score (nSPS) is 42.1. The van der Waals surface area contributed by atoms with Crippen molar-refractivity contribution in [1.82, 2.24) is 0 Å². The lowest BCUT2D eigenvalue weighted by Gasteiger charge is -2.22. The van der Waals surface area contributed by atoms with E-state index in [1.165, 1.54) is 0 Å². The van der Waals surface area contributed by atoms with Crippen molar-refractivity contribution < 1.29 is 19.4 Å². The molecule has 5 atom stereocenters. The molecule has 4 heteroatoms. The van der Waals surface area contributed by atoms with E-state index in [-0.39, 0.29) is 23.7 Å². The Morgan fingerprint density at radius 2 is 2.05 bits per heavy atom. The number of ether oxygens (including phenoxy) is 1. The third-order valence-corrected chi connectivity index (χ3v) is 4.93. The Labute approximate surface area is 112 Å². The second-order valence-corrected chi connectivity index (χ2v) is 5.97. The Morgan fingerprint density at radius 1 is 1.37 bits per heavy atom. The highest BCUT2D eigenvalue weighted by Gasteiger charge is 2.51. The lowest BCUT2D eigenvalue weighted by Crippen LogP contribution is -2.29. The van der Waals surface area contributed by atoms with Crippen LogP contribution in [-0.2, 0) is 14.3 Å². The number of allylic oxidation sites excluding steroid dienone is 1. The smallest absolute Gasteiger partial charge is 0.334 e. The summed E-state index contributed by atoms with van der Waals surface area (Å²) in [6.07, 6.45) is 0.0388. The van der Waals surface area contributed by atoms with Gasteiger partial charge in [0.2, 0.25) is 0 Å². The second kappa shape index (κ2) is 4.04. The highest BCUT2D eigenvalue weighted by Crippen LogP contribution is 2.48. The molecule has 0 spiro atoms. The summed E-state index contributed by atoms with van der Waals surface area (Å²) in [5.41, 5.74) is 1.81. The maximum Gasteiger partial charge on any atom is 0.334 e. The van der Waals surface area contributed by atoms with E-state index >= 15 is 0 Å². The molecule has 0 unspecified atom stereocenters. The minimum Gasteiger partial charge on any atom is -0.458 e. The summed E-state index contributed by atoms with van der Waals surface area (Å²) in [6.45, 7) is 7.58. The number of aliphatic hydroxyl groups excluding tert-OH is 1. The van der Waals surface area contributed by atoms with E-state index in [0.717, 1.165) is 5.57 Å². The fourth-order valence-electron chi connectivity index (χ4n) is 3.81. The van der Waals surface area contributed by atoms with Crippen molar-refractivity contribution in [3.05, 3.63) is 23.3 Å². The molecule has 1 saturated carbocycles. The van der Waals surface area contributed by atoms with Crippen LogP contribution < -0.4 is 0 Å². The molecule has 0 bridgehead atoms. The van der Waals surface area contributed by atoms with Gasteiger partial charge in [-0.15, -0.1) is 0 Å². The van der Waals surface area contributed by atoms with Gasteiger partial charge in [-0.1, -0.05) is 13.5 Å². The van der Waals surface area contributed by atoms with Gasteiger partial charge >= 0.3 is 5.97 Å². The molecule has 19 heavy (non-hydrogen) atoms. The fourth-order valence-corrected chi connectivity index (χ4v) is 3.81. The molecule has 1 saturated heterocycles. The van der Waals surface area contributed by atoms with Crippen LogP contribution in [0.1, 0.15) is 26.7 Å². The average Bonchev–Trinajstić information content (AvgIpc) is 2.75. The van der Waals surface area contributed by atoms with E-state index in [1.807, 2.05) is 0 Å². The van der Waals surface area contributed by atoms with Gasteiger partial charge in [0.15, 0.2) is 5.78 Å². The zero-order chi connectivity index (χ0) is 13.9. The molecule has 102 valence electrons. The van der Waals surface area contributed by atoms with Crippen molar-refractivity contribution in [2.75, 3.05) is 0 Å². The third-order valence-electron chi connectivity index (χ3n) is 4.93. The van der Waals surface area contributed by atoms with Crippen LogP contribution in [0.2, 0.25) is 0 Å². The van der Waals surface area contributed by atoms with Crippen molar-refractivity contribution in [2.45, 2.75) is 38.9 Å². The van der Waals surface area contributed by atoms with Gasteiger partial charge in [-0.05, 0) is 36.3 Å². The van der Waals surface area contributed by atoms with Gasteiger partial charge in [0.05, 0.1) is 12.0 Å². The molecular weight excluding hydrogens is 244 g/mol. The molecule has 1 N–H and O–H groups in total. The van der Waals surface area contributed by atoms with Gasteiger partial charge in [-0.3, -0.25) is 4.79 Å². The Kier molecular flexibility index (Phi) is 2.68. The summed E-state index contributed by atoms with van der Waals surface area (Å²) in [6, 6.07) is 0. The van der Waals surface area contributed by atoms with Crippen molar-refractivity contribution >= 4 is 11.8 Å². The van der Waals surface area contributed by atoms with Crippen LogP contribution in [0.4, 0.5) is 0 Å². The summed E-state index contributed by atoms with van der Waals surface area (Å²) in [5.74, 6) is -0.391. The molecule has 1 aliphatic heterocycles. The predicted molar refractivity (Wildman–Crippen MR) is 68.1 cm³/mol. The first-order valence-corrected chi connectivity index (χ1v) is 6.73. The van der Waals surface area contributed by atoms with Crippen molar-refractivity contribution in [3.63, 3.8) is 0 Å². The van der Waals surface area contributed by atoms with Crippen LogP contribution >= 0.6 is 0 Å². The molecule has 1 heterocycles. The summed E-state index contributed by atoms with van der Waals surface area (Å²) in [4.78, 5) is 23.5. The zero-order valence-electron chi connectivity index (χ0n) is 11.2. The number of esters is 1. The van der Waals surface area contributed by atoms with Gasteiger partial charge in [0.25, 0.3) is 0 Å². The minimum absolute atomic E-state index is 0.0830. The molecule has 0 aromatic heterocycles. The summed E-state index contributed by atoms with van der Waals surface area (Å²) in [7, 11) is 0. The molecule has 0 amide bonds. The number of fused-ring (bicyclic) bond motifs is 2. The predicted octanol–water partition coefficient (Wildman–Crippen LogP) is 1.39. The van der Waals surface area contributed by atoms with Gasteiger partial charge in [0.1, 0.15) is 6.10 Å². The number of Topliss-reactive ketones (excluding diaryl/α,β-unsaturated/α-hetero) is 1. The highest BCUT2D eigenvalue weighted by atomic mass is 16.6.